The van der Waals surface area contributed by atoms with Gasteiger partial charge in [-0.05, 0) is 43.4 Å². The summed E-state index contributed by atoms with van der Waals surface area (Å²) in [6.07, 6.45) is 4.75. The Bertz CT molecular complexity index is 777. The van der Waals surface area contributed by atoms with Crippen LogP contribution in [0.15, 0.2) is 35.7 Å². The number of aryl methyl sites for hydroxylation is 1. The number of aromatic nitrogens is 3. The van der Waals surface area contributed by atoms with E-state index in [1.807, 2.05) is 0 Å². The molecule has 0 amide bonds. The smallest absolute Gasteiger partial charge is 0.245 e. The largest absolute Gasteiger partial charge is 0.253 e. The molecule has 1 atom stereocenters. The Morgan fingerprint density at radius 2 is 2.22 bits per heavy atom. The Morgan fingerprint density at radius 3 is 2.91 bits per heavy atom. The zero-order valence-corrected chi connectivity index (χ0v) is 13.7. The van der Waals surface area contributed by atoms with E-state index in [9.17, 15) is 12.8 Å². The molecule has 1 aliphatic rings. The van der Waals surface area contributed by atoms with Crippen LogP contribution < -0.4 is 0 Å². The van der Waals surface area contributed by atoms with Crippen LogP contribution in [0.5, 0.6) is 0 Å². The number of piperidine rings is 1. The molecule has 1 aliphatic heterocycles. The van der Waals surface area contributed by atoms with Crippen molar-refractivity contribution >= 4 is 10.0 Å². The van der Waals surface area contributed by atoms with Crippen molar-refractivity contribution in [3.63, 3.8) is 0 Å². The van der Waals surface area contributed by atoms with E-state index in [2.05, 4.69) is 10.1 Å². The van der Waals surface area contributed by atoms with E-state index >= 15 is 0 Å². The molecule has 1 aromatic heterocycles. The Hall–Kier alpha value is -1.80. The molecule has 3 rings (SSSR count). The zero-order chi connectivity index (χ0) is 16.4. The summed E-state index contributed by atoms with van der Waals surface area (Å²) in [5.74, 6) is -0.544. The van der Waals surface area contributed by atoms with Crippen LogP contribution in [-0.2, 0) is 16.6 Å². The second kappa shape index (κ2) is 6.37. The first-order chi connectivity index (χ1) is 11.0. The molecule has 1 unspecified atom stereocenters. The highest BCUT2D eigenvalue weighted by Gasteiger charge is 2.32. The van der Waals surface area contributed by atoms with Crippen molar-refractivity contribution < 1.29 is 12.8 Å². The first kappa shape index (κ1) is 16.1. The molecule has 0 aliphatic carbocycles. The maximum atomic E-state index is 14.1. The Morgan fingerprint density at radius 1 is 1.39 bits per heavy atom. The van der Waals surface area contributed by atoms with E-state index in [1.165, 1.54) is 22.8 Å². The quantitative estimate of drug-likeness (QED) is 0.853. The number of benzene rings is 1. The summed E-state index contributed by atoms with van der Waals surface area (Å²) in [6, 6.07) is 4.22. The molecule has 0 saturated carbocycles. The molecule has 23 heavy (non-hydrogen) atoms. The number of sulfonamides is 1. The summed E-state index contributed by atoms with van der Waals surface area (Å²) in [7, 11) is -3.81. The molecule has 1 aromatic carbocycles. The third-order valence-electron chi connectivity index (χ3n) is 4.10. The number of halogens is 1. The van der Waals surface area contributed by atoms with Crippen LogP contribution in [-0.4, -0.2) is 40.6 Å². The highest BCUT2D eigenvalue weighted by atomic mass is 32.2. The van der Waals surface area contributed by atoms with E-state index in [1.54, 1.807) is 24.0 Å². The van der Waals surface area contributed by atoms with Crippen LogP contribution in [0, 0.1) is 18.7 Å². The molecule has 124 valence electrons. The van der Waals surface area contributed by atoms with Gasteiger partial charge in [-0.2, -0.15) is 9.40 Å². The number of hydrogen-bond donors (Lipinski definition) is 0. The van der Waals surface area contributed by atoms with Crippen LogP contribution in [0.2, 0.25) is 0 Å². The van der Waals surface area contributed by atoms with E-state index in [0.29, 0.717) is 25.2 Å². The molecule has 0 N–H and O–H groups in total. The predicted molar refractivity (Wildman–Crippen MR) is 82.6 cm³/mol. The highest BCUT2D eigenvalue weighted by Crippen LogP contribution is 2.26. The maximum absolute atomic E-state index is 14.1. The molecular weight excluding hydrogens is 319 g/mol. The van der Waals surface area contributed by atoms with E-state index < -0.39 is 15.8 Å². The monoisotopic (exact) mass is 338 g/mol. The number of nitrogens with zero attached hydrogens (tertiary/aromatic N) is 4. The van der Waals surface area contributed by atoms with Gasteiger partial charge in [0.25, 0.3) is 0 Å². The van der Waals surface area contributed by atoms with Crippen molar-refractivity contribution in [3.05, 3.63) is 42.2 Å². The lowest BCUT2D eigenvalue weighted by Gasteiger charge is -2.31. The van der Waals surface area contributed by atoms with Crippen LogP contribution in [0.3, 0.4) is 0 Å². The molecule has 1 fully saturated rings. The fourth-order valence-electron chi connectivity index (χ4n) is 2.94. The molecule has 6 nitrogen and oxygen atoms in total. The number of hydrogen-bond acceptors (Lipinski definition) is 4. The fraction of sp³-hybridized carbons (Fsp3) is 0.467. The van der Waals surface area contributed by atoms with Crippen LogP contribution >= 0.6 is 0 Å². The minimum absolute atomic E-state index is 0.147. The summed E-state index contributed by atoms with van der Waals surface area (Å²) in [4.78, 5) is 3.65. The Labute approximate surface area is 135 Å². The van der Waals surface area contributed by atoms with Gasteiger partial charge < -0.3 is 0 Å². The van der Waals surface area contributed by atoms with E-state index in [-0.39, 0.29) is 10.8 Å². The first-order valence-electron chi connectivity index (χ1n) is 7.55. The third kappa shape index (κ3) is 3.42. The molecule has 8 heteroatoms. The normalized spacial score (nSPS) is 19.8. The van der Waals surface area contributed by atoms with Crippen molar-refractivity contribution in [2.75, 3.05) is 13.1 Å². The van der Waals surface area contributed by atoms with Gasteiger partial charge in [0.05, 0.1) is 0 Å². The lowest BCUT2D eigenvalue weighted by Crippen LogP contribution is -2.41. The third-order valence-corrected chi connectivity index (χ3v) is 6.00. The molecule has 0 bridgehead atoms. The maximum Gasteiger partial charge on any atom is 0.245 e. The molecule has 0 radical (unpaired) electrons. The van der Waals surface area contributed by atoms with Crippen LogP contribution in [0.25, 0.3) is 0 Å². The van der Waals surface area contributed by atoms with Crippen molar-refractivity contribution in [2.24, 2.45) is 5.92 Å². The molecule has 0 spiro atoms. The summed E-state index contributed by atoms with van der Waals surface area (Å²) >= 11 is 0. The molecular formula is C15H19FN4O2S. The van der Waals surface area contributed by atoms with Gasteiger partial charge in [-0.15, -0.1) is 0 Å². The average molecular weight is 338 g/mol. The minimum Gasteiger partial charge on any atom is -0.253 e. The fourth-order valence-corrected chi connectivity index (χ4v) is 4.54. The van der Waals surface area contributed by atoms with Gasteiger partial charge in [0.1, 0.15) is 23.4 Å². The van der Waals surface area contributed by atoms with Crippen molar-refractivity contribution in [2.45, 2.75) is 31.2 Å². The summed E-state index contributed by atoms with van der Waals surface area (Å²) < 4.78 is 42.6. The SMILES string of the molecule is Cc1ccc(S(=O)(=O)N2CCCC(Cn3cncn3)C2)c(F)c1. The van der Waals surface area contributed by atoms with E-state index in [4.69, 9.17) is 0 Å². The van der Waals surface area contributed by atoms with Gasteiger partial charge in [0.2, 0.25) is 10.0 Å². The van der Waals surface area contributed by atoms with Crippen molar-refractivity contribution in [1.82, 2.24) is 19.1 Å². The Kier molecular flexibility index (Phi) is 4.45. The Balaban J connectivity index is 1.79. The van der Waals surface area contributed by atoms with E-state index in [0.717, 1.165) is 12.8 Å². The second-order valence-electron chi connectivity index (χ2n) is 5.92. The average Bonchev–Trinajstić information content (AvgIpc) is 3.00. The molecule has 2 aromatic rings. The van der Waals surface area contributed by atoms with Gasteiger partial charge in [-0.3, -0.25) is 4.68 Å². The second-order valence-corrected chi connectivity index (χ2v) is 7.83. The lowest BCUT2D eigenvalue weighted by atomic mass is 10.00. The summed E-state index contributed by atoms with van der Waals surface area (Å²) in [6.45, 7) is 3.13. The van der Waals surface area contributed by atoms with Gasteiger partial charge in [-0.25, -0.2) is 17.8 Å². The van der Waals surface area contributed by atoms with Crippen molar-refractivity contribution in [3.8, 4) is 0 Å². The molecule has 1 saturated heterocycles. The van der Waals surface area contributed by atoms with Crippen LogP contribution in [0.1, 0.15) is 18.4 Å². The zero-order valence-electron chi connectivity index (χ0n) is 12.9. The first-order valence-corrected chi connectivity index (χ1v) is 8.99. The van der Waals surface area contributed by atoms with Gasteiger partial charge in [0, 0.05) is 19.6 Å². The summed E-state index contributed by atoms with van der Waals surface area (Å²) in [5.41, 5.74) is 0.698. The topological polar surface area (TPSA) is 68.1 Å². The summed E-state index contributed by atoms with van der Waals surface area (Å²) in [5, 5.41) is 4.06. The molecule has 2 heterocycles. The standard InChI is InChI=1S/C15H19FN4O2S/c1-12-4-5-15(14(16)7-12)23(21,22)20-6-2-3-13(9-20)8-19-11-17-10-18-19/h4-5,7,10-11,13H,2-3,6,8-9H2,1H3. The van der Waals surface area contributed by atoms with Gasteiger partial charge in [0.15, 0.2) is 0 Å². The van der Waals surface area contributed by atoms with Crippen LogP contribution in [0.4, 0.5) is 4.39 Å². The number of rotatable bonds is 4. The highest BCUT2D eigenvalue weighted by molar-refractivity contribution is 7.89. The minimum atomic E-state index is -3.81. The lowest BCUT2D eigenvalue weighted by molar-refractivity contribution is 0.239. The predicted octanol–water partition coefficient (Wildman–Crippen LogP) is 1.83. The van der Waals surface area contributed by atoms with Gasteiger partial charge in [-0.1, -0.05) is 6.07 Å². The van der Waals surface area contributed by atoms with Gasteiger partial charge >= 0.3 is 0 Å². The van der Waals surface area contributed by atoms with Crippen molar-refractivity contribution in [1.29, 1.82) is 0 Å².